The van der Waals surface area contributed by atoms with E-state index in [1.807, 2.05) is 32.0 Å². The lowest BCUT2D eigenvalue weighted by Crippen LogP contribution is -2.33. The summed E-state index contributed by atoms with van der Waals surface area (Å²) < 4.78 is 0. The normalized spacial score (nSPS) is 13.2. The Hall–Kier alpha value is -2.66. The van der Waals surface area contributed by atoms with Crippen LogP contribution >= 0.6 is 11.6 Å². The van der Waals surface area contributed by atoms with Gasteiger partial charge in [0.2, 0.25) is 5.91 Å². The van der Waals surface area contributed by atoms with E-state index in [0.29, 0.717) is 0 Å². The van der Waals surface area contributed by atoms with Gasteiger partial charge in [-0.25, -0.2) is 0 Å². The molecule has 3 amide bonds. The lowest BCUT2D eigenvalue weighted by Gasteiger charge is -2.15. The van der Waals surface area contributed by atoms with E-state index >= 15 is 0 Å². The molecule has 2 aromatic carbocycles. The van der Waals surface area contributed by atoms with Crippen LogP contribution in [0.4, 0.5) is 5.69 Å². The van der Waals surface area contributed by atoms with Gasteiger partial charge in [-0.15, -0.1) is 0 Å². The van der Waals surface area contributed by atoms with Crippen LogP contribution in [0.15, 0.2) is 36.4 Å². The molecule has 0 aromatic heterocycles. The standard InChI is InChI=1S/C19H17ClN2O3/c1-11-5-3-6-12(2)17(11)21-15(23)9-10-22-18(24)13-7-4-8-14(20)16(13)19(22)25/h3-8H,9-10H2,1-2H3,(H,21,23). The molecule has 1 heterocycles. The van der Waals surface area contributed by atoms with Crippen molar-refractivity contribution in [3.05, 3.63) is 63.7 Å². The zero-order chi connectivity index (χ0) is 18.1. The average molecular weight is 357 g/mol. The second-order valence-electron chi connectivity index (χ2n) is 5.99. The van der Waals surface area contributed by atoms with Crippen LogP contribution in [0, 0.1) is 13.8 Å². The molecule has 1 aliphatic rings. The van der Waals surface area contributed by atoms with Crippen LogP contribution in [-0.4, -0.2) is 29.2 Å². The van der Waals surface area contributed by atoms with Gasteiger partial charge in [-0.1, -0.05) is 35.9 Å². The van der Waals surface area contributed by atoms with E-state index < -0.39 is 11.8 Å². The van der Waals surface area contributed by atoms with Gasteiger partial charge in [0, 0.05) is 18.7 Å². The monoisotopic (exact) mass is 356 g/mol. The van der Waals surface area contributed by atoms with E-state index in [-0.39, 0.29) is 35.0 Å². The quantitative estimate of drug-likeness (QED) is 0.851. The molecule has 1 N–H and O–H groups in total. The van der Waals surface area contributed by atoms with Gasteiger partial charge in [0.1, 0.15) is 0 Å². The molecule has 2 aromatic rings. The first-order chi connectivity index (χ1) is 11.9. The Balaban J connectivity index is 1.69. The highest BCUT2D eigenvalue weighted by molar-refractivity contribution is 6.37. The Bertz CT molecular complexity index is 872. The molecule has 0 bridgehead atoms. The number of amides is 3. The van der Waals surface area contributed by atoms with Crippen molar-refractivity contribution in [1.29, 1.82) is 0 Å². The SMILES string of the molecule is Cc1cccc(C)c1NC(=O)CCN1C(=O)c2cccc(Cl)c2C1=O. The van der Waals surface area contributed by atoms with Crippen LogP contribution in [0.2, 0.25) is 5.02 Å². The van der Waals surface area contributed by atoms with Gasteiger partial charge in [0.05, 0.1) is 16.1 Å². The first-order valence-electron chi connectivity index (χ1n) is 7.91. The minimum absolute atomic E-state index is 0.0133. The van der Waals surface area contributed by atoms with Crippen molar-refractivity contribution in [2.45, 2.75) is 20.3 Å². The third-order valence-corrected chi connectivity index (χ3v) is 4.57. The number of hydrogen-bond donors (Lipinski definition) is 1. The summed E-state index contributed by atoms with van der Waals surface area (Å²) in [7, 11) is 0. The number of benzene rings is 2. The third kappa shape index (κ3) is 3.15. The molecule has 0 saturated heterocycles. The molecular weight excluding hydrogens is 340 g/mol. The highest BCUT2D eigenvalue weighted by atomic mass is 35.5. The van der Waals surface area contributed by atoms with E-state index in [1.54, 1.807) is 18.2 Å². The van der Waals surface area contributed by atoms with E-state index in [4.69, 9.17) is 11.6 Å². The largest absolute Gasteiger partial charge is 0.326 e. The van der Waals surface area contributed by atoms with Crippen molar-refractivity contribution in [2.24, 2.45) is 0 Å². The van der Waals surface area contributed by atoms with Gasteiger partial charge >= 0.3 is 0 Å². The number of nitrogens with one attached hydrogen (secondary N) is 1. The number of carbonyl (C=O) groups is 3. The van der Waals surface area contributed by atoms with E-state index in [0.717, 1.165) is 21.7 Å². The number of rotatable bonds is 4. The maximum atomic E-state index is 12.4. The molecule has 0 fully saturated rings. The molecule has 3 rings (SSSR count). The fourth-order valence-electron chi connectivity index (χ4n) is 2.92. The van der Waals surface area contributed by atoms with Crippen molar-refractivity contribution in [3.63, 3.8) is 0 Å². The summed E-state index contributed by atoms with van der Waals surface area (Å²) in [6.07, 6.45) is 0.0247. The second kappa shape index (κ2) is 6.69. The molecule has 0 unspecified atom stereocenters. The van der Waals surface area contributed by atoms with Crippen LogP contribution in [0.1, 0.15) is 38.3 Å². The predicted molar refractivity (Wildman–Crippen MR) is 96.0 cm³/mol. The zero-order valence-electron chi connectivity index (χ0n) is 13.9. The molecule has 25 heavy (non-hydrogen) atoms. The number of halogens is 1. The summed E-state index contributed by atoms with van der Waals surface area (Å²) in [5.41, 5.74) is 3.18. The van der Waals surface area contributed by atoms with E-state index in [1.165, 1.54) is 0 Å². The fraction of sp³-hybridized carbons (Fsp3) is 0.211. The van der Waals surface area contributed by atoms with Crippen molar-refractivity contribution in [3.8, 4) is 0 Å². The number of hydrogen-bond acceptors (Lipinski definition) is 3. The molecule has 5 nitrogen and oxygen atoms in total. The molecule has 6 heteroatoms. The first-order valence-corrected chi connectivity index (χ1v) is 8.28. The van der Waals surface area contributed by atoms with Crippen molar-refractivity contribution < 1.29 is 14.4 Å². The molecule has 128 valence electrons. The average Bonchev–Trinajstić information content (AvgIpc) is 2.81. The summed E-state index contributed by atoms with van der Waals surface area (Å²) in [4.78, 5) is 38.1. The maximum Gasteiger partial charge on any atom is 0.263 e. The molecule has 0 spiro atoms. The summed E-state index contributed by atoms with van der Waals surface area (Å²) in [6.45, 7) is 3.84. The molecule has 0 saturated carbocycles. The van der Waals surface area contributed by atoms with Crippen molar-refractivity contribution in [2.75, 3.05) is 11.9 Å². The number of nitrogens with zero attached hydrogens (tertiary/aromatic N) is 1. The van der Waals surface area contributed by atoms with Gasteiger partial charge in [0.25, 0.3) is 11.8 Å². The van der Waals surface area contributed by atoms with Crippen molar-refractivity contribution in [1.82, 2.24) is 4.90 Å². The maximum absolute atomic E-state index is 12.4. The fourth-order valence-corrected chi connectivity index (χ4v) is 3.18. The van der Waals surface area contributed by atoms with Gasteiger partial charge in [-0.05, 0) is 37.1 Å². The van der Waals surface area contributed by atoms with E-state index in [2.05, 4.69) is 5.32 Å². The summed E-state index contributed by atoms with van der Waals surface area (Å²) in [5.74, 6) is -1.12. The van der Waals surface area contributed by atoms with Crippen LogP contribution < -0.4 is 5.32 Å². The topological polar surface area (TPSA) is 66.5 Å². The lowest BCUT2D eigenvalue weighted by molar-refractivity contribution is -0.116. The number of para-hydroxylation sites is 1. The number of imide groups is 1. The molecule has 1 aliphatic heterocycles. The van der Waals surface area contributed by atoms with Crippen LogP contribution in [0.5, 0.6) is 0 Å². The Morgan fingerprint density at radius 2 is 1.68 bits per heavy atom. The Kier molecular flexibility index (Phi) is 4.59. The van der Waals surface area contributed by atoms with Crippen LogP contribution in [0.25, 0.3) is 0 Å². The molecular formula is C19H17ClN2O3. The van der Waals surface area contributed by atoms with Crippen molar-refractivity contribution >= 4 is 35.0 Å². The summed E-state index contributed by atoms with van der Waals surface area (Å²) >= 11 is 6.02. The summed E-state index contributed by atoms with van der Waals surface area (Å²) in [6, 6.07) is 10.5. The zero-order valence-corrected chi connectivity index (χ0v) is 14.7. The van der Waals surface area contributed by atoms with Crippen LogP contribution in [0.3, 0.4) is 0 Å². The number of aryl methyl sites for hydroxylation is 2. The highest BCUT2D eigenvalue weighted by Gasteiger charge is 2.37. The minimum atomic E-state index is -0.453. The Morgan fingerprint density at radius 1 is 1.04 bits per heavy atom. The van der Waals surface area contributed by atoms with Gasteiger partial charge in [-0.2, -0.15) is 0 Å². The summed E-state index contributed by atoms with van der Waals surface area (Å²) in [5, 5.41) is 3.10. The number of carbonyl (C=O) groups excluding carboxylic acids is 3. The molecule has 0 atom stereocenters. The van der Waals surface area contributed by atoms with Crippen LogP contribution in [-0.2, 0) is 4.79 Å². The Labute approximate surface area is 150 Å². The first kappa shape index (κ1) is 17.2. The highest BCUT2D eigenvalue weighted by Crippen LogP contribution is 2.29. The second-order valence-corrected chi connectivity index (χ2v) is 6.40. The minimum Gasteiger partial charge on any atom is -0.326 e. The van der Waals surface area contributed by atoms with Gasteiger partial charge in [0.15, 0.2) is 0 Å². The smallest absolute Gasteiger partial charge is 0.263 e. The van der Waals surface area contributed by atoms with Gasteiger partial charge in [-0.3, -0.25) is 19.3 Å². The predicted octanol–water partition coefficient (Wildman–Crippen LogP) is 3.58. The molecule has 0 aliphatic carbocycles. The molecule has 0 radical (unpaired) electrons. The number of fused-ring (bicyclic) bond motifs is 1. The number of anilines is 1. The van der Waals surface area contributed by atoms with E-state index in [9.17, 15) is 14.4 Å². The Morgan fingerprint density at radius 3 is 2.32 bits per heavy atom. The lowest BCUT2D eigenvalue weighted by atomic mass is 10.1. The third-order valence-electron chi connectivity index (χ3n) is 4.26. The van der Waals surface area contributed by atoms with Gasteiger partial charge < -0.3 is 5.32 Å².